The van der Waals surface area contributed by atoms with Crippen LogP contribution in [0.5, 0.6) is 5.75 Å². The number of rotatable bonds is 5. The normalized spacial score (nSPS) is 18.6. The van der Waals surface area contributed by atoms with E-state index < -0.39 is 0 Å². The van der Waals surface area contributed by atoms with Crippen LogP contribution in [0.4, 0.5) is 0 Å². The molecule has 20 heavy (non-hydrogen) atoms. The Balaban J connectivity index is 2.08. The summed E-state index contributed by atoms with van der Waals surface area (Å²) in [5, 5.41) is 9.31. The van der Waals surface area contributed by atoms with Gasteiger partial charge >= 0.3 is 0 Å². The zero-order valence-electron chi connectivity index (χ0n) is 12.2. The molecule has 0 radical (unpaired) electrons. The predicted molar refractivity (Wildman–Crippen MR) is 77.9 cm³/mol. The van der Waals surface area contributed by atoms with Crippen molar-refractivity contribution < 1.29 is 14.6 Å². The van der Waals surface area contributed by atoms with Crippen molar-refractivity contribution in [3.63, 3.8) is 0 Å². The summed E-state index contributed by atoms with van der Waals surface area (Å²) in [6, 6.07) is 7.26. The number of aliphatic hydroxyl groups is 1. The van der Waals surface area contributed by atoms with Gasteiger partial charge in [0, 0.05) is 12.1 Å². The van der Waals surface area contributed by atoms with Crippen LogP contribution in [0, 0.1) is 5.92 Å². The fourth-order valence-electron chi connectivity index (χ4n) is 2.44. The number of benzene rings is 1. The first-order chi connectivity index (χ1) is 9.61. The van der Waals surface area contributed by atoms with E-state index in [0.29, 0.717) is 18.1 Å². The lowest BCUT2D eigenvalue weighted by Crippen LogP contribution is -2.37. The van der Waals surface area contributed by atoms with E-state index in [-0.39, 0.29) is 18.6 Å². The summed E-state index contributed by atoms with van der Waals surface area (Å²) in [5.41, 5.74) is 0.631. The highest BCUT2D eigenvalue weighted by molar-refractivity contribution is 5.95. The second-order valence-corrected chi connectivity index (χ2v) is 5.71. The lowest BCUT2D eigenvalue weighted by molar-refractivity contribution is 0.0677. The summed E-state index contributed by atoms with van der Waals surface area (Å²) < 4.78 is 5.65. The molecule has 1 fully saturated rings. The zero-order valence-corrected chi connectivity index (χ0v) is 12.2. The minimum absolute atomic E-state index is 0.0171. The molecule has 0 unspecified atom stereocenters. The first-order valence-electron chi connectivity index (χ1n) is 7.26. The van der Waals surface area contributed by atoms with Crippen LogP contribution < -0.4 is 4.74 Å². The molecule has 0 bridgehead atoms. The first-order valence-corrected chi connectivity index (χ1v) is 7.26. The van der Waals surface area contributed by atoms with Gasteiger partial charge in [-0.05, 0) is 37.0 Å². The average molecular weight is 277 g/mol. The molecule has 1 aromatic carbocycles. The van der Waals surface area contributed by atoms with Crippen molar-refractivity contribution in [3.05, 3.63) is 29.8 Å². The Labute approximate surface area is 120 Å². The molecule has 0 aromatic heterocycles. The number of likely N-dealkylation sites (tertiary alicyclic amines) is 1. The van der Waals surface area contributed by atoms with Gasteiger partial charge in [-0.25, -0.2) is 0 Å². The van der Waals surface area contributed by atoms with Crippen molar-refractivity contribution in [1.82, 2.24) is 4.90 Å². The number of hydrogen-bond acceptors (Lipinski definition) is 3. The summed E-state index contributed by atoms with van der Waals surface area (Å²) in [5.74, 6) is 1.16. The van der Waals surface area contributed by atoms with Crippen molar-refractivity contribution >= 4 is 5.91 Å². The van der Waals surface area contributed by atoms with Crippen LogP contribution in [-0.4, -0.2) is 41.7 Å². The number of carbonyl (C=O) groups excluding carboxylic acids is 1. The molecular formula is C16H23NO3. The van der Waals surface area contributed by atoms with Crippen LogP contribution in [0.15, 0.2) is 24.3 Å². The van der Waals surface area contributed by atoms with E-state index in [4.69, 9.17) is 4.74 Å². The lowest BCUT2D eigenvalue weighted by atomic mass is 10.1. The average Bonchev–Trinajstić information content (AvgIpc) is 2.93. The van der Waals surface area contributed by atoms with E-state index in [0.717, 1.165) is 25.1 Å². The number of amides is 1. The molecule has 1 atom stereocenters. The maximum atomic E-state index is 12.5. The highest BCUT2D eigenvalue weighted by atomic mass is 16.5. The van der Waals surface area contributed by atoms with E-state index >= 15 is 0 Å². The smallest absolute Gasteiger partial charge is 0.254 e. The van der Waals surface area contributed by atoms with Gasteiger partial charge in [0.25, 0.3) is 5.91 Å². The van der Waals surface area contributed by atoms with Crippen LogP contribution >= 0.6 is 0 Å². The third-order valence-electron chi connectivity index (χ3n) is 3.51. The van der Waals surface area contributed by atoms with Gasteiger partial charge < -0.3 is 14.7 Å². The molecule has 0 spiro atoms. The molecule has 1 amide bonds. The van der Waals surface area contributed by atoms with Crippen LogP contribution in [-0.2, 0) is 0 Å². The molecule has 1 saturated heterocycles. The number of nitrogens with zero attached hydrogens (tertiary/aromatic N) is 1. The Morgan fingerprint density at radius 1 is 1.50 bits per heavy atom. The molecule has 1 aliphatic rings. The van der Waals surface area contributed by atoms with Crippen LogP contribution in [0.2, 0.25) is 0 Å². The third kappa shape index (κ3) is 3.51. The summed E-state index contributed by atoms with van der Waals surface area (Å²) in [7, 11) is 0. The summed E-state index contributed by atoms with van der Waals surface area (Å²) >= 11 is 0. The van der Waals surface area contributed by atoms with Crippen molar-refractivity contribution in [3.8, 4) is 5.75 Å². The fourth-order valence-corrected chi connectivity index (χ4v) is 2.44. The number of carbonyl (C=O) groups is 1. The molecule has 1 N–H and O–H groups in total. The topological polar surface area (TPSA) is 49.8 Å². The molecule has 1 aromatic rings. The number of hydrogen-bond donors (Lipinski definition) is 1. The fraction of sp³-hybridized carbons (Fsp3) is 0.562. The predicted octanol–water partition coefficient (Wildman–Crippen LogP) is 2.32. The minimum Gasteiger partial charge on any atom is -0.493 e. The Hall–Kier alpha value is -1.55. The maximum absolute atomic E-state index is 12.5. The highest BCUT2D eigenvalue weighted by Crippen LogP contribution is 2.22. The van der Waals surface area contributed by atoms with Gasteiger partial charge in [0.05, 0.1) is 19.3 Å². The van der Waals surface area contributed by atoms with E-state index in [1.165, 1.54) is 0 Å². The molecular weight excluding hydrogens is 254 g/mol. The van der Waals surface area contributed by atoms with Crippen molar-refractivity contribution in [2.24, 2.45) is 5.92 Å². The van der Waals surface area contributed by atoms with Crippen LogP contribution in [0.1, 0.15) is 37.0 Å². The van der Waals surface area contributed by atoms with E-state index in [9.17, 15) is 9.90 Å². The zero-order chi connectivity index (χ0) is 14.5. The summed E-state index contributed by atoms with van der Waals surface area (Å²) in [6.45, 7) is 5.58. The second kappa shape index (κ2) is 6.75. The second-order valence-electron chi connectivity index (χ2n) is 5.71. The third-order valence-corrected chi connectivity index (χ3v) is 3.51. The molecule has 0 saturated carbocycles. The van der Waals surface area contributed by atoms with Gasteiger partial charge in [0.2, 0.25) is 0 Å². The summed E-state index contributed by atoms with van der Waals surface area (Å²) in [6.07, 6.45) is 1.84. The molecule has 1 heterocycles. The monoisotopic (exact) mass is 277 g/mol. The molecule has 4 heteroatoms. The van der Waals surface area contributed by atoms with E-state index in [1.54, 1.807) is 17.0 Å². The Kier molecular flexibility index (Phi) is 5.01. The Bertz CT molecular complexity index is 459. The van der Waals surface area contributed by atoms with Gasteiger partial charge in [-0.3, -0.25) is 4.79 Å². The van der Waals surface area contributed by atoms with Crippen molar-refractivity contribution in [2.45, 2.75) is 32.7 Å². The standard InChI is InChI=1S/C16H23NO3/c1-12(2)11-20-15-7-3-5-13(9-15)16(19)17-8-4-6-14(17)10-18/h3,5,7,9,12,14,18H,4,6,8,10-11H2,1-2H3/t14-/m1/s1. The molecule has 0 aliphatic carbocycles. The van der Waals surface area contributed by atoms with Gasteiger partial charge in [-0.1, -0.05) is 19.9 Å². The largest absolute Gasteiger partial charge is 0.493 e. The Morgan fingerprint density at radius 3 is 3.00 bits per heavy atom. The molecule has 110 valence electrons. The molecule has 1 aliphatic heterocycles. The SMILES string of the molecule is CC(C)COc1cccc(C(=O)N2CCC[C@@H]2CO)c1. The maximum Gasteiger partial charge on any atom is 0.254 e. The van der Waals surface area contributed by atoms with Crippen molar-refractivity contribution in [1.29, 1.82) is 0 Å². The Morgan fingerprint density at radius 2 is 2.30 bits per heavy atom. The van der Waals surface area contributed by atoms with Gasteiger partial charge in [0.1, 0.15) is 5.75 Å². The van der Waals surface area contributed by atoms with Gasteiger partial charge in [-0.2, -0.15) is 0 Å². The number of aliphatic hydroxyl groups excluding tert-OH is 1. The highest BCUT2D eigenvalue weighted by Gasteiger charge is 2.28. The van der Waals surface area contributed by atoms with E-state index in [2.05, 4.69) is 13.8 Å². The van der Waals surface area contributed by atoms with Crippen molar-refractivity contribution in [2.75, 3.05) is 19.8 Å². The first kappa shape index (κ1) is 14.9. The van der Waals surface area contributed by atoms with Crippen LogP contribution in [0.3, 0.4) is 0 Å². The van der Waals surface area contributed by atoms with Gasteiger partial charge in [0.15, 0.2) is 0 Å². The quantitative estimate of drug-likeness (QED) is 0.898. The lowest BCUT2D eigenvalue weighted by Gasteiger charge is -2.23. The number of ether oxygens (including phenoxy) is 1. The van der Waals surface area contributed by atoms with Gasteiger partial charge in [-0.15, -0.1) is 0 Å². The minimum atomic E-state index is -0.0391. The summed E-state index contributed by atoms with van der Waals surface area (Å²) in [4.78, 5) is 14.2. The molecule has 2 rings (SSSR count). The molecule has 4 nitrogen and oxygen atoms in total. The van der Waals surface area contributed by atoms with Crippen LogP contribution in [0.25, 0.3) is 0 Å². The van der Waals surface area contributed by atoms with E-state index in [1.807, 2.05) is 12.1 Å².